The van der Waals surface area contributed by atoms with Gasteiger partial charge in [0, 0.05) is 19.2 Å². The van der Waals surface area contributed by atoms with Gasteiger partial charge in [-0.1, -0.05) is 11.6 Å². The van der Waals surface area contributed by atoms with E-state index in [4.69, 9.17) is 16.3 Å². The molecule has 0 saturated carbocycles. The highest BCUT2D eigenvalue weighted by Crippen LogP contribution is 2.33. The molecule has 2 aromatic rings. The Hall–Kier alpha value is -2.12. The van der Waals surface area contributed by atoms with Crippen molar-refractivity contribution in [2.45, 2.75) is 11.8 Å². The van der Waals surface area contributed by atoms with Gasteiger partial charge >= 0.3 is 5.97 Å². The maximum Gasteiger partial charge on any atom is 0.308 e. The van der Waals surface area contributed by atoms with Gasteiger partial charge in [0.2, 0.25) is 0 Å². The fraction of sp³-hybridized carbons (Fsp3) is 0.133. The van der Waals surface area contributed by atoms with Crippen molar-refractivity contribution >= 4 is 38.8 Å². The van der Waals surface area contributed by atoms with Crippen LogP contribution in [0, 0.1) is 5.82 Å². The molecule has 0 aliphatic carbocycles. The number of carbonyl (C=O) groups is 1. The van der Waals surface area contributed by atoms with Gasteiger partial charge in [-0.3, -0.25) is 4.79 Å². The van der Waals surface area contributed by atoms with Crippen molar-refractivity contribution in [3.63, 3.8) is 0 Å². The highest BCUT2D eigenvalue weighted by atomic mass is 35.5. The van der Waals surface area contributed by atoms with Crippen LogP contribution in [0.2, 0.25) is 5.02 Å². The van der Waals surface area contributed by atoms with Crippen molar-refractivity contribution in [3.05, 3.63) is 47.2 Å². The number of rotatable bonds is 4. The Bertz CT molecular complexity index is 868. The maximum atomic E-state index is 13.4. The number of hydrogen-bond donors (Lipinski definition) is 1. The summed E-state index contributed by atoms with van der Waals surface area (Å²) >= 11 is 6.05. The van der Waals surface area contributed by atoms with Crippen LogP contribution in [0.25, 0.3) is 0 Å². The lowest BCUT2D eigenvalue weighted by Crippen LogP contribution is -2.05. The lowest BCUT2D eigenvalue weighted by molar-refractivity contribution is -0.131. The molecule has 0 aromatic heterocycles. The average Bonchev–Trinajstić information content (AvgIpc) is 2.42. The largest absolute Gasteiger partial charge is 0.424 e. The van der Waals surface area contributed by atoms with E-state index >= 15 is 0 Å². The molecule has 0 aliphatic rings. The Labute approximate surface area is 138 Å². The van der Waals surface area contributed by atoms with Gasteiger partial charge in [0.1, 0.15) is 5.82 Å². The van der Waals surface area contributed by atoms with Gasteiger partial charge < -0.3 is 10.1 Å². The molecule has 0 atom stereocenters. The SMILES string of the molecule is CC(=O)Oc1ccc(F)cc1Nc1ccc(S(C)(=O)=O)cc1Cl. The van der Waals surface area contributed by atoms with Gasteiger partial charge in [-0.05, 0) is 30.3 Å². The third-order valence-corrected chi connectivity index (χ3v) is 4.26. The predicted molar refractivity (Wildman–Crippen MR) is 85.6 cm³/mol. The second-order valence-corrected chi connectivity index (χ2v) is 7.20. The van der Waals surface area contributed by atoms with Gasteiger partial charge in [-0.2, -0.15) is 0 Å². The van der Waals surface area contributed by atoms with Crippen LogP contribution in [0.5, 0.6) is 5.75 Å². The molecular weight excluding hydrogens is 345 g/mol. The molecule has 2 aromatic carbocycles. The number of benzene rings is 2. The highest BCUT2D eigenvalue weighted by molar-refractivity contribution is 7.90. The van der Waals surface area contributed by atoms with Gasteiger partial charge in [-0.15, -0.1) is 0 Å². The number of carbonyl (C=O) groups excluding carboxylic acids is 1. The zero-order valence-corrected chi connectivity index (χ0v) is 13.8. The second-order valence-electron chi connectivity index (χ2n) is 4.77. The summed E-state index contributed by atoms with van der Waals surface area (Å²) < 4.78 is 41.4. The van der Waals surface area contributed by atoms with E-state index in [-0.39, 0.29) is 21.4 Å². The molecule has 0 aliphatic heterocycles. The molecule has 1 N–H and O–H groups in total. The van der Waals surface area contributed by atoms with E-state index in [1.165, 1.54) is 31.2 Å². The van der Waals surface area contributed by atoms with E-state index in [9.17, 15) is 17.6 Å². The summed E-state index contributed by atoms with van der Waals surface area (Å²) in [6, 6.07) is 7.69. The second kappa shape index (κ2) is 6.55. The first-order chi connectivity index (χ1) is 10.7. The van der Waals surface area contributed by atoms with Crippen LogP contribution in [0.3, 0.4) is 0 Å². The summed E-state index contributed by atoms with van der Waals surface area (Å²) in [5, 5.41) is 2.95. The third kappa shape index (κ3) is 4.43. The van der Waals surface area contributed by atoms with E-state index < -0.39 is 21.6 Å². The minimum absolute atomic E-state index is 0.0625. The van der Waals surface area contributed by atoms with Gasteiger partial charge in [0.15, 0.2) is 15.6 Å². The number of halogens is 2. The van der Waals surface area contributed by atoms with Gasteiger partial charge in [0.25, 0.3) is 0 Å². The molecule has 0 spiro atoms. The van der Waals surface area contributed by atoms with E-state index in [0.29, 0.717) is 5.69 Å². The third-order valence-electron chi connectivity index (χ3n) is 2.83. The van der Waals surface area contributed by atoms with E-state index in [1.807, 2.05) is 0 Å². The lowest BCUT2D eigenvalue weighted by atomic mass is 10.2. The number of esters is 1. The Morgan fingerprint density at radius 2 is 1.87 bits per heavy atom. The van der Waals surface area contributed by atoms with Crippen molar-refractivity contribution < 1.29 is 22.3 Å². The van der Waals surface area contributed by atoms with Crippen LogP contribution in [-0.2, 0) is 14.6 Å². The molecule has 5 nitrogen and oxygen atoms in total. The minimum Gasteiger partial charge on any atom is -0.424 e. The van der Waals surface area contributed by atoms with Crippen LogP contribution in [0.4, 0.5) is 15.8 Å². The highest BCUT2D eigenvalue weighted by Gasteiger charge is 2.13. The Balaban J connectivity index is 2.39. The molecular formula is C15H13ClFNO4S. The Morgan fingerprint density at radius 1 is 1.17 bits per heavy atom. The monoisotopic (exact) mass is 357 g/mol. The summed E-state index contributed by atoms with van der Waals surface area (Å²) in [4.78, 5) is 11.2. The Kier molecular flexibility index (Phi) is 4.91. The molecule has 122 valence electrons. The van der Waals surface area contributed by atoms with Gasteiger partial charge in [-0.25, -0.2) is 12.8 Å². The first-order valence-corrected chi connectivity index (χ1v) is 8.68. The molecule has 0 radical (unpaired) electrons. The fourth-order valence-electron chi connectivity index (χ4n) is 1.82. The van der Waals surface area contributed by atoms with Crippen molar-refractivity contribution in [1.82, 2.24) is 0 Å². The fourth-order valence-corrected chi connectivity index (χ4v) is 2.76. The van der Waals surface area contributed by atoms with Crippen molar-refractivity contribution in [2.75, 3.05) is 11.6 Å². The molecule has 0 fully saturated rings. The number of nitrogens with one attached hydrogen (secondary N) is 1. The molecule has 2 rings (SSSR count). The molecule has 0 bridgehead atoms. The summed E-state index contributed by atoms with van der Waals surface area (Å²) in [5.74, 6) is -0.965. The normalized spacial score (nSPS) is 11.1. The van der Waals surface area contributed by atoms with Crippen LogP contribution < -0.4 is 10.1 Å². The summed E-state index contributed by atoms with van der Waals surface area (Å²) in [6.45, 7) is 1.22. The van der Waals surface area contributed by atoms with Crippen molar-refractivity contribution in [1.29, 1.82) is 0 Å². The minimum atomic E-state index is -3.39. The quantitative estimate of drug-likeness (QED) is 0.669. The maximum absolute atomic E-state index is 13.4. The first-order valence-electron chi connectivity index (χ1n) is 6.41. The molecule has 23 heavy (non-hydrogen) atoms. The number of hydrogen-bond acceptors (Lipinski definition) is 5. The molecule has 0 saturated heterocycles. The number of anilines is 2. The van der Waals surface area contributed by atoms with Crippen molar-refractivity contribution in [2.24, 2.45) is 0 Å². The standard InChI is InChI=1S/C15H13ClFNO4S/c1-9(19)22-15-6-3-10(17)7-14(15)18-13-5-4-11(8-12(13)16)23(2,20)21/h3-8,18H,1-2H3. The van der Waals surface area contributed by atoms with E-state index in [0.717, 1.165) is 18.4 Å². The smallest absolute Gasteiger partial charge is 0.308 e. The number of ether oxygens (including phenoxy) is 1. The Morgan fingerprint density at radius 3 is 2.43 bits per heavy atom. The van der Waals surface area contributed by atoms with Crippen molar-refractivity contribution in [3.8, 4) is 5.75 Å². The zero-order chi connectivity index (χ0) is 17.2. The van der Waals surface area contributed by atoms with Gasteiger partial charge in [0.05, 0.1) is 21.3 Å². The molecule has 8 heteroatoms. The molecule has 0 amide bonds. The lowest BCUT2D eigenvalue weighted by Gasteiger charge is -2.13. The summed E-state index contributed by atoms with van der Waals surface area (Å²) in [5.41, 5.74) is 0.535. The predicted octanol–water partition coefficient (Wildman–Crippen LogP) is 3.55. The molecule has 0 heterocycles. The van der Waals surface area contributed by atoms with Crippen LogP contribution >= 0.6 is 11.6 Å². The van der Waals surface area contributed by atoms with Crippen LogP contribution in [0.15, 0.2) is 41.3 Å². The van der Waals surface area contributed by atoms with Crippen LogP contribution in [0.1, 0.15) is 6.92 Å². The van der Waals surface area contributed by atoms with E-state index in [2.05, 4.69) is 5.32 Å². The summed E-state index contributed by atoms with van der Waals surface area (Å²) in [7, 11) is -3.39. The zero-order valence-electron chi connectivity index (χ0n) is 12.3. The van der Waals surface area contributed by atoms with E-state index in [1.54, 1.807) is 0 Å². The summed E-state index contributed by atoms with van der Waals surface area (Å²) in [6.07, 6.45) is 1.07. The first kappa shape index (κ1) is 17.2. The number of sulfone groups is 1. The van der Waals surface area contributed by atoms with Crippen LogP contribution in [-0.4, -0.2) is 20.6 Å². The average molecular weight is 358 g/mol. The topological polar surface area (TPSA) is 72.5 Å². The molecule has 0 unspecified atom stereocenters.